The van der Waals surface area contributed by atoms with Crippen LogP contribution in [-0.4, -0.2) is 44.6 Å². The lowest BCUT2D eigenvalue weighted by atomic mass is 10.0. The van der Waals surface area contributed by atoms with Gasteiger partial charge in [-0.25, -0.2) is 14.0 Å². The molecule has 0 aliphatic carbocycles. The van der Waals surface area contributed by atoms with Crippen LogP contribution < -0.4 is 21.3 Å². The Balaban J connectivity index is 2.02. The van der Waals surface area contributed by atoms with Gasteiger partial charge in [-0.05, 0) is 52.7 Å². The molecule has 0 bridgehead atoms. The SMILES string of the molecule is COc1ccccc1C(Cn1c(=O)n(C(C)(C)C(=O)NC(C)C)c(=O)c2c(C)c(-n3cccn3)sc21)OCC(C)C. The molecule has 1 amide bonds. The van der Waals surface area contributed by atoms with Gasteiger partial charge in [0.15, 0.2) is 0 Å². The molecule has 1 unspecified atom stereocenters. The van der Waals surface area contributed by atoms with Crippen molar-refractivity contribution < 1.29 is 14.3 Å². The Hall–Kier alpha value is -3.70. The van der Waals surface area contributed by atoms with Gasteiger partial charge in [0, 0.05) is 36.2 Å². The minimum Gasteiger partial charge on any atom is -0.496 e. The predicted molar refractivity (Wildman–Crippen MR) is 161 cm³/mol. The molecule has 1 N–H and O–H groups in total. The lowest BCUT2D eigenvalue weighted by Crippen LogP contribution is -2.56. The summed E-state index contributed by atoms with van der Waals surface area (Å²) in [6.45, 7) is 13.3. The largest absolute Gasteiger partial charge is 0.496 e. The smallest absolute Gasteiger partial charge is 0.333 e. The third kappa shape index (κ3) is 5.87. The highest BCUT2D eigenvalue weighted by Gasteiger charge is 2.36. The number of aromatic nitrogens is 4. The highest BCUT2D eigenvalue weighted by atomic mass is 32.1. The molecule has 0 aliphatic rings. The Morgan fingerprint density at radius 1 is 1.12 bits per heavy atom. The number of amides is 1. The molecule has 220 valence electrons. The van der Waals surface area contributed by atoms with Crippen LogP contribution in [-0.2, 0) is 21.6 Å². The molecule has 0 fully saturated rings. The molecule has 0 radical (unpaired) electrons. The number of ether oxygens (including phenoxy) is 2. The van der Waals surface area contributed by atoms with E-state index < -0.39 is 28.8 Å². The molecule has 3 heterocycles. The van der Waals surface area contributed by atoms with Crippen LogP contribution in [0.4, 0.5) is 0 Å². The van der Waals surface area contributed by atoms with Gasteiger partial charge in [0.25, 0.3) is 5.56 Å². The molecule has 11 heteroatoms. The second kappa shape index (κ2) is 12.0. The Morgan fingerprint density at radius 3 is 2.44 bits per heavy atom. The number of carbonyl (C=O) groups is 1. The van der Waals surface area contributed by atoms with Gasteiger partial charge in [-0.2, -0.15) is 5.10 Å². The fourth-order valence-electron chi connectivity index (χ4n) is 4.78. The van der Waals surface area contributed by atoms with Crippen molar-refractivity contribution in [1.29, 1.82) is 0 Å². The van der Waals surface area contributed by atoms with Crippen molar-refractivity contribution in [3.63, 3.8) is 0 Å². The van der Waals surface area contributed by atoms with E-state index in [1.54, 1.807) is 48.7 Å². The number of aryl methyl sites for hydroxylation is 1. The van der Waals surface area contributed by atoms with Crippen molar-refractivity contribution >= 4 is 27.5 Å². The molecule has 41 heavy (non-hydrogen) atoms. The first-order valence-electron chi connectivity index (χ1n) is 13.7. The van der Waals surface area contributed by atoms with E-state index >= 15 is 0 Å². The number of thiophene rings is 1. The van der Waals surface area contributed by atoms with Crippen LogP contribution in [0.15, 0.2) is 52.3 Å². The summed E-state index contributed by atoms with van der Waals surface area (Å²) >= 11 is 1.31. The number of hydrogen-bond donors (Lipinski definition) is 1. The van der Waals surface area contributed by atoms with Gasteiger partial charge >= 0.3 is 5.69 Å². The molecule has 3 aromatic heterocycles. The van der Waals surface area contributed by atoms with Crippen LogP contribution in [0.5, 0.6) is 5.75 Å². The minimum absolute atomic E-state index is 0.100. The van der Waals surface area contributed by atoms with Gasteiger partial charge in [-0.15, -0.1) is 0 Å². The number of fused-ring (bicyclic) bond motifs is 1. The van der Waals surface area contributed by atoms with E-state index in [-0.39, 0.29) is 18.5 Å². The maximum absolute atomic E-state index is 14.4. The fraction of sp³-hybridized carbons (Fsp3) is 0.467. The van der Waals surface area contributed by atoms with E-state index in [2.05, 4.69) is 24.3 Å². The van der Waals surface area contributed by atoms with Gasteiger partial charge in [0.05, 0.1) is 19.0 Å². The number of methoxy groups -OCH3 is 1. The van der Waals surface area contributed by atoms with Crippen molar-refractivity contribution in [3.05, 3.63) is 74.7 Å². The molecule has 0 aliphatic heterocycles. The Labute approximate surface area is 243 Å². The van der Waals surface area contributed by atoms with Crippen LogP contribution in [0.1, 0.15) is 58.8 Å². The summed E-state index contributed by atoms with van der Waals surface area (Å²) in [5, 5.41) is 8.31. The highest BCUT2D eigenvalue weighted by molar-refractivity contribution is 7.21. The monoisotopic (exact) mass is 581 g/mol. The first-order valence-corrected chi connectivity index (χ1v) is 14.5. The van der Waals surface area contributed by atoms with Gasteiger partial charge in [-0.3, -0.25) is 14.2 Å². The number of rotatable bonds is 11. The summed E-state index contributed by atoms with van der Waals surface area (Å²) in [4.78, 5) is 42.3. The quantitative estimate of drug-likeness (QED) is 0.281. The third-order valence-electron chi connectivity index (χ3n) is 6.90. The predicted octanol–water partition coefficient (Wildman–Crippen LogP) is 4.40. The molecule has 1 aromatic carbocycles. The zero-order valence-corrected chi connectivity index (χ0v) is 25.7. The standard InChI is InChI=1S/C30H39N5O5S/c1-18(2)17-40-23(21-12-9-10-13-22(21)39-8)16-33-27-24(20(5)26(41-27)34-15-11-14-31-34)25(36)35(29(33)38)30(6,7)28(37)32-19(3)4/h9-15,18-19,23H,16-17H2,1-8H3,(H,32,37). The second-order valence-corrected chi connectivity index (χ2v) is 12.3. The first kappa shape index (κ1) is 30.3. The molecule has 4 rings (SSSR count). The molecule has 0 saturated carbocycles. The number of para-hydroxylation sites is 1. The minimum atomic E-state index is -1.46. The summed E-state index contributed by atoms with van der Waals surface area (Å²) in [6.07, 6.45) is 2.89. The molecular weight excluding hydrogens is 542 g/mol. The number of nitrogens with zero attached hydrogens (tertiary/aromatic N) is 4. The molecule has 0 spiro atoms. The highest BCUT2D eigenvalue weighted by Crippen LogP contribution is 2.34. The summed E-state index contributed by atoms with van der Waals surface area (Å²) in [5.74, 6) is 0.456. The molecule has 0 saturated heterocycles. The lowest BCUT2D eigenvalue weighted by molar-refractivity contribution is -0.129. The van der Waals surface area contributed by atoms with Crippen molar-refractivity contribution in [2.24, 2.45) is 5.92 Å². The number of hydrogen-bond acceptors (Lipinski definition) is 7. The van der Waals surface area contributed by atoms with Crippen molar-refractivity contribution in [2.75, 3.05) is 13.7 Å². The van der Waals surface area contributed by atoms with Gasteiger partial charge in [0.1, 0.15) is 27.2 Å². The van der Waals surface area contributed by atoms with E-state index in [1.165, 1.54) is 11.3 Å². The van der Waals surface area contributed by atoms with E-state index in [4.69, 9.17) is 9.47 Å². The number of benzene rings is 1. The average molecular weight is 582 g/mol. The Morgan fingerprint density at radius 2 is 1.83 bits per heavy atom. The second-order valence-electron chi connectivity index (χ2n) is 11.3. The topological polar surface area (TPSA) is 109 Å². The number of carbonyl (C=O) groups excluding carboxylic acids is 1. The first-order chi connectivity index (χ1) is 19.4. The van der Waals surface area contributed by atoms with Crippen LogP contribution in [0.3, 0.4) is 0 Å². The van der Waals surface area contributed by atoms with Gasteiger partial charge in [-0.1, -0.05) is 43.4 Å². The van der Waals surface area contributed by atoms with Crippen LogP contribution in [0, 0.1) is 12.8 Å². The van der Waals surface area contributed by atoms with Crippen molar-refractivity contribution in [1.82, 2.24) is 24.2 Å². The van der Waals surface area contributed by atoms with E-state index in [0.29, 0.717) is 28.1 Å². The summed E-state index contributed by atoms with van der Waals surface area (Å²) in [5.41, 5.74) is -1.11. The summed E-state index contributed by atoms with van der Waals surface area (Å²) < 4.78 is 16.3. The zero-order chi connectivity index (χ0) is 30.1. The van der Waals surface area contributed by atoms with Gasteiger partial charge in [0.2, 0.25) is 5.91 Å². The van der Waals surface area contributed by atoms with Crippen molar-refractivity contribution in [2.45, 2.75) is 72.7 Å². The van der Waals surface area contributed by atoms with E-state index in [1.807, 2.05) is 45.0 Å². The van der Waals surface area contributed by atoms with Crippen molar-refractivity contribution in [3.8, 4) is 10.8 Å². The van der Waals surface area contributed by atoms with Crippen LogP contribution >= 0.6 is 11.3 Å². The number of nitrogens with one attached hydrogen (secondary N) is 1. The molecular formula is C30H39N5O5S. The van der Waals surface area contributed by atoms with Crippen LogP contribution in [0.25, 0.3) is 15.2 Å². The zero-order valence-electron chi connectivity index (χ0n) is 24.9. The third-order valence-corrected chi connectivity index (χ3v) is 8.20. The summed E-state index contributed by atoms with van der Waals surface area (Å²) in [7, 11) is 1.59. The Bertz CT molecular complexity index is 1650. The van der Waals surface area contributed by atoms with E-state index in [0.717, 1.165) is 15.1 Å². The molecule has 1 atom stereocenters. The fourth-order valence-corrected chi connectivity index (χ4v) is 6.03. The average Bonchev–Trinajstić information content (AvgIpc) is 3.56. The maximum Gasteiger partial charge on any atom is 0.333 e. The summed E-state index contributed by atoms with van der Waals surface area (Å²) in [6, 6.07) is 9.17. The molecule has 4 aromatic rings. The maximum atomic E-state index is 14.4. The normalized spacial score (nSPS) is 12.8. The van der Waals surface area contributed by atoms with E-state index in [9.17, 15) is 14.4 Å². The van der Waals surface area contributed by atoms with Gasteiger partial charge < -0.3 is 14.8 Å². The van der Waals surface area contributed by atoms with Crippen LogP contribution in [0.2, 0.25) is 0 Å². The lowest BCUT2D eigenvalue weighted by Gasteiger charge is -2.28. The molecule has 10 nitrogen and oxygen atoms in total. The Kier molecular flexibility index (Phi) is 8.89.